The molecule has 2 N–H and O–H groups in total. The lowest BCUT2D eigenvalue weighted by Crippen LogP contribution is -2.12. The van der Waals surface area contributed by atoms with E-state index >= 15 is 0 Å². The Kier molecular flexibility index (Phi) is 2.99. The molecule has 1 aromatic heterocycles. The molecule has 0 saturated carbocycles. The molecule has 2 aromatic carbocycles. The number of rotatable bonds is 2. The summed E-state index contributed by atoms with van der Waals surface area (Å²) in [7, 11) is 1.83. The third-order valence-corrected chi connectivity index (χ3v) is 3.35. The highest BCUT2D eigenvalue weighted by atomic mass is 19.1. The van der Waals surface area contributed by atoms with Crippen molar-refractivity contribution in [2.45, 2.75) is 0 Å². The number of aromatic nitrogens is 1. The van der Waals surface area contributed by atoms with E-state index in [1.54, 1.807) is 29.3 Å². The summed E-state index contributed by atoms with van der Waals surface area (Å²) in [4.78, 5) is 6.10. The van der Waals surface area contributed by atoms with Crippen LogP contribution < -0.4 is 10.6 Å². The number of anilines is 3. The Hall–Kier alpha value is -2.62. The van der Waals surface area contributed by atoms with E-state index < -0.39 is 0 Å². The molecule has 0 aliphatic carbocycles. The first-order valence-corrected chi connectivity index (χ1v) is 6.30. The largest absolute Gasteiger partial charge is 0.397 e. The Balaban J connectivity index is 2.20. The predicted molar refractivity (Wildman–Crippen MR) is 80.6 cm³/mol. The molecular formula is C16H14FN3. The van der Waals surface area contributed by atoms with Gasteiger partial charge in [-0.25, -0.2) is 4.39 Å². The standard InChI is InChI=1S/C16H14FN3/c1-20(15-7-3-2-6-12(15)17)14-9-8-13(18)16-11(14)5-4-10-19-16/h2-10H,18H2,1H3. The van der Waals surface area contributed by atoms with E-state index in [2.05, 4.69) is 4.98 Å². The molecule has 100 valence electrons. The van der Waals surface area contributed by atoms with Crippen LogP contribution in [0.25, 0.3) is 10.9 Å². The summed E-state index contributed by atoms with van der Waals surface area (Å²) in [5.74, 6) is -0.260. The van der Waals surface area contributed by atoms with E-state index in [0.717, 1.165) is 16.6 Å². The fraction of sp³-hybridized carbons (Fsp3) is 0.0625. The second-order valence-electron chi connectivity index (χ2n) is 4.58. The summed E-state index contributed by atoms with van der Waals surface area (Å²) in [6.45, 7) is 0. The van der Waals surface area contributed by atoms with Gasteiger partial charge < -0.3 is 10.6 Å². The van der Waals surface area contributed by atoms with Gasteiger partial charge in [0.25, 0.3) is 0 Å². The van der Waals surface area contributed by atoms with Gasteiger partial charge in [-0.05, 0) is 36.4 Å². The number of hydrogen-bond donors (Lipinski definition) is 1. The molecule has 0 fully saturated rings. The second kappa shape index (κ2) is 4.81. The lowest BCUT2D eigenvalue weighted by molar-refractivity contribution is 0.628. The van der Waals surface area contributed by atoms with E-state index in [1.807, 2.05) is 31.3 Å². The number of nitrogens with two attached hydrogens (primary N) is 1. The number of nitrogens with zero attached hydrogens (tertiary/aromatic N) is 2. The summed E-state index contributed by atoms with van der Waals surface area (Å²) in [6, 6.07) is 14.1. The first-order chi connectivity index (χ1) is 9.68. The van der Waals surface area contributed by atoms with Crippen LogP contribution in [-0.4, -0.2) is 12.0 Å². The lowest BCUT2D eigenvalue weighted by Gasteiger charge is -2.22. The van der Waals surface area contributed by atoms with Crippen LogP contribution in [0.4, 0.5) is 21.5 Å². The quantitative estimate of drug-likeness (QED) is 0.719. The van der Waals surface area contributed by atoms with Crippen LogP contribution in [0, 0.1) is 5.82 Å². The Morgan fingerprint density at radius 1 is 1.00 bits per heavy atom. The predicted octanol–water partition coefficient (Wildman–Crippen LogP) is 3.72. The van der Waals surface area contributed by atoms with Crippen molar-refractivity contribution in [1.82, 2.24) is 4.98 Å². The van der Waals surface area contributed by atoms with Crippen molar-refractivity contribution >= 4 is 28.0 Å². The number of pyridine rings is 1. The zero-order valence-corrected chi connectivity index (χ0v) is 11.0. The number of nitrogen functional groups attached to an aromatic ring is 1. The van der Waals surface area contributed by atoms with Crippen molar-refractivity contribution in [2.24, 2.45) is 0 Å². The van der Waals surface area contributed by atoms with Gasteiger partial charge >= 0.3 is 0 Å². The first-order valence-electron chi connectivity index (χ1n) is 6.30. The molecule has 4 heteroatoms. The Labute approximate surface area is 116 Å². The van der Waals surface area contributed by atoms with Crippen LogP contribution in [-0.2, 0) is 0 Å². The third kappa shape index (κ3) is 1.95. The summed E-state index contributed by atoms with van der Waals surface area (Å²) >= 11 is 0. The molecule has 0 spiro atoms. The van der Waals surface area contributed by atoms with Crippen molar-refractivity contribution in [1.29, 1.82) is 0 Å². The molecule has 0 aliphatic heterocycles. The van der Waals surface area contributed by atoms with E-state index in [9.17, 15) is 4.39 Å². The van der Waals surface area contributed by atoms with Crippen LogP contribution in [0.15, 0.2) is 54.7 Å². The second-order valence-corrected chi connectivity index (χ2v) is 4.58. The van der Waals surface area contributed by atoms with Gasteiger partial charge in [0.15, 0.2) is 0 Å². The summed E-state index contributed by atoms with van der Waals surface area (Å²) < 4.78 is 13.9. The molecule has 0 amide bonds. The molecule has 0 radical (unpaired) electrons. The number of benzene rings is 2. The van der Waals surface area contributed by atoms with Crippen molar-refractivity contribution in [3.05, 3.63) is 60.5 Å². The molecule has 3 rings (SSSR count). The summed E-state index contributed by atoms with van der Waals surface area (Å²) in [6.07, 6.45) is 1.70. The highest BCUT2D eigenvalue weighted by Crippen LogP contribution is 2.33. The SMILES string of the molecule is CN(c1ccccc1F)c1ccc(N)c2ncccc12. The minimum absolute atomic E-state index is 0.260. The Morgan fingerprint density at radius 3 is 2.60 bits per heavy atom. The maximum atomic E-state index is 13.9. The Bertz CT molecular complexity index is 771. The summed E-state index contributed by atoms with van der Waals surface area (Å²) in [5.41, 5.74) is 8.67. The molecular weight excluding hydrogens is 253 g/mol. The molecule has 3 nitrogen and oxygen atoms in total. The molecule has 0 aliphatic rings. The average Bonchev–Trinajstić information content (AvgIpc) is 2.48. The Morgan fingerprint density at radius 2 is 1.80 bits per heavy atom. The maximum Gasteiger partial charge on any atom is 0.146 e. The van der Waals surface area contributed by atoms with Crippen LogP contribution in [0.1, 0.15) is 0 Å². The average molecular weight is 267 g/mol. The van der Waals surface area contributed by atoms with Gasteiger partial charge in [0.05, 0.1) is 22.6 Å². The van der Waals surface area contributed by atoms with Crippen molar-refractivity contribution in [3.63, 3.8) is 0 Å². The number of halogens is 1. The topological polar surface area (TPSA) is 42.1 Å². The van der Waals surface area contributed by atoms with Crippen molar-refractivity contribution in [3.8, 4) is 0 Å². The van der Waals surface area contributed by atoms with E-state index in [4.69, 9.17) is 5.73 Å². The van der Waals surface area contributed by atoms with Gasteiger partial charge in [-0.2, -0.15) is 0 Å². The molecule has 0 bridgehead atoms. The zero-order chi connectivity index (χ0) is 14.1. The molecule has 0 unspecified atom stereocenters. The fourth-order valence-corrected chi connectivity index (χ4v) is 2.33. The number of fused-ring (bicyclic) bond motifs is 1. The lowest BCUT2D eigenvalue weighted by atomic mass is 10.1. The van der Waals surface area contributed by atoms with Crippen LogP contribution in [0.3, 0.4) is 0 Å². The van der Waals surface area contributed by atoms with E-state index in [1.165, 1.54) is 6.07 Å². The van der Waals surface area contributed by atoms with Crippen molar-refractivity contribution in [2.75, 3.05) is 17.7 Å². The fourth-order valence-electron chi connectivity index (χ4n) is 2.33. The van der Waals surface area contributed by atoms with Crippen LogP contribution in [0.2, 0.25) is 0 Å². The highest BCUT2D eigenvalue weighted by Gasteiger charge is 2.13. The van der Waals surface area contributed by atoms with Gasteiger partial charge in [-0.1, -0.05) is 12.1 Å². The van der Waals surface area contributed by atoms with Gasteiger partial charge in [0.2, 0.25) is 0 Å². The number of para-hydroxylation sites is 1. The van der Waals surface area contributed by atoms with Gasteiger partial charge in [0, 0.05) is 18.6 Å². The molecule has 1 heterocycles. The van der Waals surface area contributed by atoms with Gasteiger partial charge in [-0.3, -0.25) is 4.98 Å². The van der Waals surface area contributed by atoms with Gasteiger partial charge in [-0.15, -0.1) is 0 Å². The van der Waals surface area contributed by atoms with Crippen molar-refractivity contribution < 1.29 is 4.39 Å². The first kappa shape index (κ1) is 12.4. The minimum atomic E-state index is -0.260. The zero-order valence-electron chi connectivity index (χ0n) is 11.0. The molecule has 0 atom stereocenters. The molecule has 20 heavy (non-hydrogen) atoms. The van der Waals surface area contributed by atoms with E-state index in [0.29, 0.717) is 11.4 Å². The van der Waals surface area contributed by atoms with Gasteiger partial charge in [0.1, 0.15) is 5.82 Å². The maximum absolute atomic E-state index is 13.9. The van der Waals surface area contributed by atoms with Crippen LogP contribution in [0.5, 0.6) is 0 Å². The monoisotopic (exact) mass is 267 g/mol. The normalized spacial score (nSPS) is 10.7. The number of hydrogen-bond acceptors (Lipinski definition) is 3. The molecule has 0 saturated heterocycles. The minimum Gasteiger partial charge on any atom is -0.397 e. The highest BCUT2D eigenvalue weighted by molar-refractivity contribution is 5.99. The molecule has 3 aromatic rings. The summed E-state index contributed by atoms with van der Waals surface area (Å²) in [5, 5.41) is 0.901. The third-order valence-electron chi connectivity index (χ3n) is 3.35. The smallest absolute Gasteiger partial charge is 0.146 e. The van der Waals surface area contributed by atoms with Crippen LogP contribution >= 0.6 is 0 Å². The van der Waals surface area contributed by atoms with E-state index in [-0.39, 0.29) is 5.82 Å².